The molecule has 0 fully saturated rings. The average Bonchev–Trinajstić information content (AvgIpc) is 2.90. The molecule has 1 aromatic heterocycles. The van der Waals surface area contributed by atoms with Crippen LogP contribution < -0.4 is 10.2 Å². The van der Waals surface area contributed by atoms with Crippen LogP contribution in [0.2, 0.25) is 5.02 Å². The van der Waals surface area contributed by atoms with Crippen molar-refractivity contribution in [1.29, 1.82) is 0 Å². The SMILES string of the molecule is O=C1c2ccccc2[C@H](Nc2ccccc2F)N1c1ccc(Cl)cn1. The summed E-state index contributed by atoms with van der Waals surface area (Å²) in [6.07, 6.45) is 0.919. The van der Waals surface area contributed by atoms with Crippen LogP contribution >= 0.6 is 11.6 Å². The maximum Gasteiger partial charge on any atom is 0.261 e. The Morgan fingerprint density at radius 2 is 1.80 bits per heavy atom. The van der Waals surface area contributed by atoms with E-state index in [1.807, 2.05) is 12.1 Å². The van der Waals surface area contributed by atoms with Crippen LogP contribution in [0.25, 0.3) is 0 Å². The Balaban J connectivity index is 1.80. The summed E-state index contributed by atoms with van der Waals surface area (Å²) in [5, 5.41) is 3.59. The van der Waals surface area contributed by atoms with E-state index in [1.165, 1.54) is 17.2 Å². The number of nitrogens with zero attached hydrogens (tertiary/aromatic N) is 2. The van der Waals surface area contributed by atoms with Crippen molar-refractivity contribution in [2.75, 3.05) is 10.2 Å². The lowest BCUT2D eigenvalue weighted by atomic mass is 10.1. The van der Waals surface area contributed by atoms with E-state index in [0.717, 1.165) is 5.56 Å². The number of benzene rings is 2. The fourth-order valence-electron chi connectivity index (χ4n) is 2.93. The summed E-state index contributed by atoms with van der Waals surface area (Å²) >= 11 is 5.90. The molecule has 25 heavy (non-hydrogen) atoms. The number of nitrogens with one attached hydrogen (secondary N) is 1. The van der Waals surface area contributed by atoms with Crippen molar-refractivity contribution >= 4 is 29.0 Å². The number of para-hydroxylation sites is 1. The maximum absolute atomic E-state index is 14.1. The zero-order valence-corrected chi connectivity index (χ0v) is 13.7. The standard InChI is InChI=1S/C19H13ClFN3O/c20-12-9-10-17(22-11-12)24-18(23-16-8-4-3-7-15(16)21)13-5-1-2-6-14(13)19(24)25/h1-11,18,23H/t18-/m1/s1. The van der Waals surface area contributed by atoms with Gasteiger partial charge in [0.2, 0.25) is 0 Å². The number of carbonyl (C=O) groups excluding carboxylic acids is 1. The molecule has 2 aromatic carbocycles. The minimum Gasteiger partial charge on any atom is -0.359 e. The Bertz CT molecular complexity index is 945. The van der Waals surface area contributed by atoms with E-state index in [2.05, 4.69) is 10.3 Å². The van der Waals surface area contributed by atoms with E-state index in [9.17, 15) is 9.18 Å². The molecular weight excluding hydrogens is 341 g/mol. The number of amides is 1. The Labute approximate surface area is 148 Å². The third-order valence-corrected chi connectivity index (χ3v) is 4.31. The first-order valence-corrected chi connectivity index (χ1v) is 8.08. The van der Waals surface area contributed by atoms with Crippen LogP contribution in [0.3, 0.4) is 0 Å². The highest BCUT2D eigenvalue weighted by Gasteiger charge is 2.38. The summed E-state index contributed by atoms with van der Waals surface area (Å²) in [5.74, 6) is -0.137. The van der Waals surface area contributed by atoms with Gasteiger partial charge in [0.15, 0.2) is 0 Å². The van der Waals surface area contributed by atoms with Gasteiger partial charge >= 0.3 is 0 Å². The normalized spacial score (nSPS) is 16.0. The Morgan fingerprint density at radius 1 is 1.04 bits per heavy atom. The first-order chi connectivity index (χ1) is 12.1. The van der Waals surface area contributed by atoms with Crippen molar-refractivity contribution in [3.05, 3.63) is 88.8 Å². The number of hydrogen-bond acceptors (Lipinski definition) is 3. The number of halogens is 2. The highest BCUT2D eigenvalue weighted by Crippen LogP contribution is 2.37. The van der Waals surface area contributed by atoms with E-state index < -0.39 is 6.17 Å². The molecule has 1 aliphatic rings. The lowest BCUT2D eigenvalue weighted by Crippen LogP contribution is -2.33. The molecule has 0 aliphatic carbocycles. The molecule has 1 amide bonds. The topological polar surface area (TPSA) is 45.2 Å². The molecule has 0 saturated carbocycles. The fraction of sp³-hybridized carbons (Fsp3) is 0.0526. The molecule has 1 N–H and O–H groups in total. The predicted molar refractivity (Wildman–Crippen MR) is 95.3 cm³/mol. The maximum atomic E-state index is 14.1. The first kappa shape index (κ1) is 15.6. The van der Waals surface area contributed by atoms with Crippen LogP contribution in [0, 0.1) is 5.82 Å². The average molecular weight is 354 g/mol. The van der Waals surface area contributed by atoms with E-state index in [-0.39, 0.29) is 11.7 Å². The van der Waals surface area contributed by atoms with Gasteiger partial charge in [-0.3, -0.25) is 9.69 Å². The molecule has 1 atom stereocenters. The lowest BCUT2D eigenvalue weighted by Gasteiger charge is -2.26. The summed E-state index contributed by atoms with van der Waals surface area (Å²) < 4.78 is 14.1. The van der Waals surface area contributed by atoms with Gasteiger partial charge in [0.05, 0.1) is 10.7 Å². The van der Waals surface area contributed by atoms with Gasteiger partial charge < -0.3 is 5.32 Å². The van der Waals surface area contributed by atoms with Crippen molar-refractivity contribution in [3.8, 4) is 0 Å². The second-order valence-electron chi connectivity index (χ2n) is 5.62. The molecule has 0 unspecified atom stereocenters. The number of anilines is 2. The Hall–Kier alpha value is -2.92. The second kappa shape index (κ2) is 6.18. The molecule has 0 bridgehead atoms. The van der Waals surface area contributed by atoms with E-state index in [0.29, 0.717) is 22.1 Å². The highest BCUT2D eigenvalue weighted by molar-refractivity contribution is 6.30. The van der Waals surface area contributed by atoms with Gasteiger partial charge in [-0.15, -0.1) is 0 Å². The van der Waals surface area contributed by atoms with Gasteiger partial charge in [-0.2, -0.15) is 0 Å². The number of fused-ring (bicyclic) bond motifs is 1. The van der Waals surface area contributed by atoms with Crippen molar-refractivity contribution in [1.82, 2.24) is 4.98 Å². The van der Waals surface area contributed by atoms with Crippen molar-refractivity contribution < 1.29 is 9.18 Å². The summed E-state index contributed by atoms with van der Waals surface area (Å²) in [6.45, 7) is 0. The first-order valence-electron chi connectivity index (χ1n) is 7.70. The third-order valence-electron chi connectivity index (χ3n) is 4.09. The van der Waals surface area contributed by atoms with Gasteiger partial charge in [0, 0.05) is 17.3 Å². The highest BCUT2D eigenvalue weighted by atomic mass is 35.5. The van der Waals surface area contributed by atoms with Gasteiger partial charge in [0.25, 0.3) is 5.91 Å². The van der Waals surface area contributed by atoms with Crippen molar-refractivity contribution in [2.45, 2.75) is 6.17 Å². The van der Waals surface area contributed by atoms with Crippen molar-refractivity contribution in [2.24, 2.45) is 0 Å². The Kier molecular flexibility index (Phi) is 3.86. The predicted octanol–water partition coefficient (Wildman–Crippen LogP) is 4.65. The van der Waals surface area contributed by atoms with E-state index >= 15 is 0 Å². The third kappa shape index (κ3) is 2.72. The lowest BCUT2D eigenvalue weighted by molar-refractivity contribution is 0.0992. The molecule has 4 rings (SSSR count). The second-order valence-corrected chi connectivity index (χ2v) is 6.06. The minimum absolute atomic E-state index is 0.195. The molecule has 3 aromatic rings. The van der Waals surface area contributed by atoms with Crippen LogP contribution in [0.15, 0.2) is 66.9 Å². The zero-order valence-electron chi connectivity index (χ0n) is 13.0. The summed E-state index contributed by atoms with van der Waals surface area (Å²) in [4.78, 5) is 18.6. The molecule has 0 saturated heterocycles. The quantitative estimate of drug-likeness (QED) is 0.745. The van der Waals surface area contributed by atoms with Crippen LogP contribution in [0.5, 0.6) is 0 Å². The molecule has 0 spiro atoms. The largest absolute Gasteiger partial charge is 0.359 e. The molecule has 1 aliphatic heterocycles. The summed E-state index contributed by atoms with van der Waals surface area (Å²) in [5.41, 5.74) is 1.65. The number of aromatic nitrogens is 1. The molecule has 0 radical (unpaired) electrons. The molecule has 2 heterocycles. The van der Waals surface area contributed by atoms with Gasteiger partial charge in [-0.25, -0.2) is 9.37 Å². The number of hydrogen-bond donors (Lipinski definition) is 1. The van der Waals surface area contributed by atoms with E-state index in [1.54, 1.807) is 42.5 Å². The van der Waals surface area contributed by atoms with Gasteiger partial charge in [-0.05, 0) is 30.3 Å². The van der Waals surface area contributed by atoms with Gasteiger partial charge in [-0.1, -0.05) is 41.9 Å². The molecule has 4 nitrogen and oxygen atoms in total. The van der Waals surface area contributed by atoms with Crippen LogP contribution in [0.1, 0.15) is 22.1 Å². The number of rotatable bonds is 3. The minimum atomic E-state index is -0.561. The van der Waals surface area contributed by atoms with Crippen LogP contribution in [0.4, 0.5) is 15.9 Å². The number of pyridine rings is 1. The molecule has 6 heteroatoms. The van der Waals surface area contributed by atoms with Crippen LogP contribution in [-0.4, -0.2) is 10.9 Å². The van der Waals surface area contributed by atoms with Crippen LogP contribution in [-0.2, 0) is 0 Å². The van der Waals surface area contributed by atoms with Crippen molar-refractivity contribution in [3.63, 3.8) is 0 Å². The monoisotopic (exact) mass is 353 g/mol. The van der Waals surface area contributed by atoms with Gasteiger partial charge in [0.1, 0.15) is 17.8 Å². The fourth-order valence-corrected chi connectivity index (χ4v) is 3.04. The summed E-state index contributed by atoms with van der Waals surface area (Å²) in [6, 6.07) is 16.9. The zero-order chi connectivity index (χ0) is 17.4. The summed E-state index contributed by atoms with van der Waals surface area (Å²) in [7, 11) is 0. The Morgan fingerprint density at radius 3 is 2.56 bits per heavy atom. The molecular formula is C19H13ClFN3O. The molecule has 124 valence electrons. The number of carbonyl (C=O) groups is 1. The smallest absolute Gasteiger partial charge is 0.261 e. The van der Waals surface area contributed by atoms with E-state index in [4.69, 9.17) is 11.6 Å².